The molecule has 0 spiro atoms. The van der Waals surface area contributed by atoms with Crippen LogP contribution in [0.5, 0.6) is 5.75 Å². The highest BCUT2D eigenvalue weighted by Gasteiger charge is 2.13. The van der Waals surface area contributed by atoms with Crippen LogP contribution in [0.2, 0.25) is 5.02 Å². The average molecular weight is 418 g/mol. The number of aromatic nitrogens is 2. The highest BCUT2D eigenvalue weighted by molar-refractivity contribution is 7.99. The Labute approximate surface area is 172 Å². The first kappa shape index (κ1) is 20.3. The summed E-state index contributed by atoms with van der Waals surface area (Å²) in [6.45, 7) is 0.407. The molecule has 28 heavy (non-hydrogen) atoms. The van der Waals surface area contributed by atoms with E-state index in [4.69, 9.17) is 16.3 Å². The number of aliphatic hydroxyl groups excluding tert-OH is 1. The number of ether oxygens (including phenoxy) is 1. The molecule has 0 unspecified atom stereocenters. The van der Waals surface area contributed by atoms with Crippen LogP contribution < -0.4 is 10.1 Å². The zero-order valence-corrected chi connectivity index (χ0v) is 16.8. The number of thioether (sulfide) groups is 1. The minimum Gasteiger partial charge on any atom is -0.497 e. The van der Waals surface area contributed by atoms with Crippen molar-refractivity contribution in [3.63, 3.8) is 0 Å². The molecule has 0 atom stereocenters. The van der Waals surface area contributed by atoms with Crippen molar-refractivity contribution in [2.45, 2.75) is 18.3 Å². The molecular weight excluding hydrogens is 398 g/mol. The Morgan fingerprint density at radius 2 is 2.07 bits per heavy atom. The minimum atomic E-state index is -0.148. The van der Waals surface area contributed by atoms with Gasteiger partial charge in [-0.05, 0) is 29.8 Å². The van der Waals surface area contributed by atoms with E-state index in [2.05, 4.69) is 10.3 Å². The first-order valence-corrected chi connectivity index (χ1v) is 9.92. The standard InChI is InChI=1S/C20H20ClN3O3S/c1-27-18-4-2-3-16(9-18)23-19(26)13-28-20-22-10-17(12-25)24(20)11-14-5-7-15(21)8-6-14/h2-10,25H,11-13H2,1H3,(H,23,26). The van der Waals surface area contributed by atoms with Crippen LogP contribution >= 0.6 is 23.4 Å². The molecule has 0 aliphatic heterocycles. The molecule has 2 aromatic carbocycles. The Morgan fingerprint density at radius 1 is 1.29 bits per heavy atom. The number of halogens is 1. The number of methoxy groups -OCH3 is 1. The van der Waals surface area contributed by atoms with E-state index in [9.17, 15) is 9.90 Å². The molecule has 6 nitrogen and oxygen atoms in total. The van der Waals surface area contributed by atoms with Gasteiger partial charge in [0.2, 0.25) is 5.91 Å². The zero-order chi connectivity index (χ0) is 19.9. The largest absolute Gasteiger partial charge is 0.497 e. The lowest BCUT2D eigenvalue weighted by Gasteiger charge is -2.11. The second-order valence-corrected chi connectivity index (χ2v) is 7.35. The molecule has 3 aromatic rings. The van der Waals surface area contributed by atoms with Crippen LogP contribution in [0, 0.1) is 0 Å². The van der Waals surface area contributed by atoms with Crippen molar-refractivity contribution in [2.75, 3.05) is 18.2 Å². The molecule has 0 bridgehead atoms. The maximum Gasteiger partial charge on any atom is 0.234 e. The van der Waals surface area contributed by atoms with E-state index in [1.54, 1.807) is 25.4 Å². The van der Waals surface area contributed by atoms with Crippen LogP contribution in [0.3, 0.4) is 0 Å². The van der Waals surface area contributed by atoms with Crippen LogP contribution in [0.1, 0.15) is 11.3 Å². The number of imidazole rings is 1. The lowest BCUT2D eigenvalue weighted by Crippen LogP contribution is -2.15. The Bertz CT molecular complexity index is 944. The van der Waals surface area contributed by atoms with Crippen molar-refractivity contribution < 1.29 is 14.6 Å². The number of carbonyl (C=O) groups excluding carboxylic acids is 1. The molecule has 146 valence electrons. The molecule has 0 saturated heterocycles. The Kier molecular flexibility index (Phi) is 6.97. The van der Waals surface area contributed by atoms with Gasteiger partial charge in [0.25, 0.3) is 0 Å². The van der Waals surface area contributed by atoms with Gasteiger partial charge in [0.05, 0.1) is 31.4 Å². The van der Waals surface area contributed by atoms with Gasteiger partial charge in [0.1, 0.15) is 5.75 Å². The number of hydrogen-bond donors (Lipinski definition) is 2. The maximum atomic E-state index is 12.3. The van der Waals surface area contributed by atoms with Gasteiger partial charge in [0, 0.05) is 23.3 Å². The van der Waals surface area contributed by atoms with E-state index < -0.39 is 0 Å². The predicted molar refractivity (Wildman–Crippen MR) is 111 cm³/mol. The van der Waals surface area contributed by atoms with E-state index >= 15 is 0 Å². The third-order valence-electron chi connectivity index (χ3n) is 4.00. The molecule has 0 radical (unpaired) electrons. The van der Waals surface area contributed by atoms with Crippen molar-refractivity contribution in [1.82, 2.24) is 9.55 Å². The maximum absolute atomic E-state index is 12.3. The molecule has 8 heteroatoms. The van der Waals surface area contributed by atoms with Crippen molar-refractivity contribution in [1.29, 1.82) is 0 Å². The molecule has 0 saturated carbocycles. The smallest absolute Gasteiger partial charge is 0.234 e. The summed E-state index contributed by atoms with van der Waals surface area (Å²) in [5.41, 5.74) is 2.39. The van der Waals surface area contributed by atoms with Gasteiger partial charge in [0.15, 0.2) is 5.16 Å². The molecule has 0 aliphatic rings. The summed E-state index contributed by atoms with van der Waals surface area (Å²) in [6.07, 6.45) is 1.62. The van der Waals surface area contributed by atoms with E-state index in [0.29, 0.717) is 33.9 Å². The molecule has 1 aromatic heterocycles. The van der Waals surface area contributed by atoms with Gasteiger partial charge in [-0.25, -0.2) is 4.98 Å². The fraction of sp³-hybridized carbons (Fsp3) is 0.200. The predicted octanol–water partition coefficient (Wildman–Crippen LogP) is 3.82. The Balaban J connectivity index is 1.65. The monoisotopic (exact) mass is 417 g/mol. The lowest BCUT2D eigenvalue weighted by molar-refractivity contribution is -0.113. The fourth-order valence-electron chi connectivity index (χ4n) is 2.60. The lowest BCUT2D eigenvalue weighted by atomic mass is 10.2. The molecule has 0 fully saturated rings. The SMILES string of the molecule is COc1cccc(NC(=O)CSc2ncc(CO)n2Cc2ccc(Cl)cc2)c1. The van der Waals surface area contributed by atoms with Crippen molar-refractivity contribution in [2.24, 2.45) is 0 Å². The number of amides is 1. The van der Waals surface area contributed by atoms with Crippen LogP contribution in [0.25, 0.3) is 0 Å². The topological polar surface area (TPSA) is 76.4 Å². The number of aliphatic hydroxyl groups is 1. The quantitative estimate of drug-likeness (QED) is 0.545. The molecule has 1 heterocycles. The number of nitrogens with one attached hydrogen (secondary N) is 1. The van der Waals surface area contributed by atoms with E-state index in [1.165, 1.54) is 11.8 Å². The van der Waals surface area contributed by atoms with Crippen molar-refractivity contribution >= 4 is 35.0 Å². The molecule has 2 N–H and O–H groups in total. The van der Waals surface area contributed by atoms with Crippen LogP contribution in [-0.2, 0) is 17.9 Å². The fourth-order valence-corrected chi connectivity index (χ4v) is 3.53. The van der Waals surface area contributed by atoms with Crippen LogP contribution in [0.4, 0.5) is 5.69 Å². The second-order valence-electron chi connectivity index (χ2n) is 5.97. The summed E-state index contributed by atoms with van der Waals surface area (Å²) in [4.78, 5) is 16.6. The Hall–Kier alpha value is -2.48. The van der Waals surface area contributed by atoms with Gasteiger partial charge in [-0.3, -0.25) is 4.79 Å². The van der Waals surface area contributed by atoms with E-state index in [0.717, 1.165) is 5.56 Å². The van der Waals surface area contributed by atoms with Gasteiger partial charge in [-0.2, -0.15) is 0 Å². The van der Waals surface area contributed by atoms with Gasteiger partial charge < -0.3 is 19.7 Å². The summed E-state index contributed by atoms with van der Waals surface area (Å²) >= 11 is 7.25. The number of rotatable bonds is 8. The summed E-state index contributed by atoms with van der Waals surface area (Å²) in [5, 5.41) is 13.8. The highest BCUT2D eigenvalue weighted by atomic mass is 35.5. The number of carbonyl (C=O) groups is 1. The summed E-state index contributed by atoms with van der Waals surface area (Å²) in [6, 6.07) is 14.7. The van der Waals surface area contributed by atoms with E-state index in [1.807, 2.05) is 41.0 Å². The number of benzene rings is 2. The Morgan fingerprint density at radius 3 is 2.79 bits per heavy atom. The molecular formula is C20H20ClN3O3S. The number of hydrogen-bond acceptors (Lipinski definition) is 5. The van der Waals surface area contributed by atoms with Crippen LogP contribution in [0.15, 0.2) is 59.9 Å². The summed E-state index contributed by atoms with van der Waals surface area (Å²) in [5.74, 6) is 0.723. The minimum absolute atomic E-state index is 0.128. The summed E-state index contributed by atoms with van der Waals surface area (Å²) in [7, 11) is 1.58. The van der Waals surface area contributed by atoms with E-state index in [-0.39, 0.29) is 18.3 Å². The highest BCUT2D eigenvalue weighted by Crippen LogP contribution is 2.22. The third-order valence-corrected chi connectivity index (χ3v) is 5.25. The second kappa shape index (κ2) is 9.64. The van der Waals surface area contributed by atoms with Gasteiger partial charge >= 0.3 is 0 Å². The average Bonchev–Trinajstić information content (AvgIpc) is 3.10. The molecule has 3 rings (SSSR count). The molecule has 0 aliphatic carbocycles. The number of anilines is 1. The zero-order valence-electron chi connectivity index (χ0n) is 15.3. The van der Waals surface area contributed by atoms with Crippen molar-refractivity contribution in [3.8, 4) is 5.75 Å². The molecule has 1 amide bonds. The van der Waals surface area contributed by atoms with Gasteiger partial charge in [-0.15, -0.1) is 0 Å². The normalized spacial score (nSPS) is 10.7. The third kappa shape index (κ3) is 5.28. The first-order valence-electron chi connectivity index (χ1n) is 8.55. The van der Waals surface area contributed by atoms with Crippen LogP contribution in [-0.4, -0.2) is 33.4 Å². The number of nitrogens with zero attached hydrogens (tertiary/aromatic N) is 2. The summed E-state index contributed by atoms with van der Waals surface area (Å²) < 4.78 is 7.05. The van der Waals surface area contributed by atoms with Crippen molar-refractivity contribution in [3.05, 3.63) is 71.0 Å². The first-order chi connectivity index (χ1) is 13.6. The van der Waals surface area contributed by atoms with Gasteiger partial charge in [-0.1, -0.05) is 41.6 Å².